The number of halogens is 3. The molecule has 0 aromatic heterocycles. The third-order valence-corrected chi connectivity index (χ3v) is 4.06. The van der Waals surface area contributed by atoms with Crippen molar-refractivity contribution in [2.24, 2.45) is 10.9 Å². The predicted molar refractivity (Wildman–Crippen MR) is 69.3 cm³/mol. The van der Waals surface area contributed by atoms with Crippen molar-refractivity contribution in [3.05, 3.63) is 29.8 Å². The van der Waals surface area contributed by atoms with Gasteiger partial charge in [0.2, 0.25) is 10.0 Å². The Hall–Kier alpha value is -1.81. The van der Waals surface area contributed by atoms with E-state index in [0.717, 1.165) is 18.2 Å². The molecule has 1 aromatic carbocycles. The fraction of sp³-hybridized carbons (Fsp3) is 0.364. The van der Waals surface area contributed by atoms with Gasteiger partial charge in [-0.15, -0.1) is 0 Å². The molecule has 0 aliphatic heterocycles. The first-order chi connectivity index (χ1) is 9.56. The minimum atomic E-state index is -4.63. The quantitative estimate of drug-likeness (QED) is 0.330. The monoisotopic (exact) mass is 325 g/mol. The molecule has 1 aromatic rings. The highest BCUT2D eigenvalue weighted by Gasteiger charge is 2.31. The molecule has 0 bridgehead atoms. The van der Waals surface area contributed by atoms with Gasteiger partial charge in [0.15, 0.2) is 0 Å². The number of oxime groups is 1. The topological polar surface area (TPSA) is 105 Å². The van der Waals surface area contributed by atoms with E-state index in [4.69, 9.17) is 10.9 Å². The van der Waals surface area contributed by atoms with Crippen molar-refractivity contribution in [3.8, 4) is 0 Å². The van der Waals surface area contributed by atoms with Crippen molar-refractivity contribution in [2.45, 2.75) is 30.5 Å². The van der Waals surface area contributed by atoms with Crippen molar-refractivity contribution >= 4 is 15.9 Å². The number of amidine groups is 1. The SMILES string of the molecule is CC(CC(N)=NO)NS(=O)(=O)c1cccc(C(F)(F)F)c1. The summed E-state index contributed by atoms with van der Waals surface area (Å²) in [6.07, 6.45) is -4.72. The van der Waals surface area contributed by atoms with Crippen molar-refractivity contribution in [3.63, 3.8) is 0 Å². The maximum atomic E-state index is 12.6. The number of benzene rings is 1. The third kappa shape index (κ3) is 4.90. The zero-order chi connectivity index (χ0) is 16.3. The number of nitrogens with one attached hydrogen (secondary N) is 1. The average Bonchev–Trinajstić information content (AvgIpc) is 2.37. The van der Waals surface area contributed by atoms with Crippen molar-refractivity contribution in [1.82, 2.24) is 4.72 Å². The zero-order valence-corrected chi connectivity index (χ0v) is 11.7. The third-order valence-electron chi connectivity index (χ3n) is 2.47. The Labute approximate surface area is 119 Å². The first kappa shape index (κ1) is 17.2. The Morgan fingerprint density at radius 2 is 2.10 bits per heavy atom. The molecular formula is C11H14F3N3O3S. The highest BCUT2D eigenvalue weighted by molar-refractivity contribution is 7.89. The molecule has 0 aliphatic carbocycles. The normalized spacial score (nSPS) is 15.0. The van der Waals surface area contributed by atoms with E-state index in [-0.39, 0.29) is 12.3 Å². The molecule has 21 heavy (non-hydrogen) atoms. The lowest BCUT2D eigenvalue weighted by molar-refractivity contribution is -0.137. The molecule has 0 fully saturated rings. The maximum Gasteiger partial charge on any atom is 0.416 e. The van der Waals surface area contributed by atoms with Crippen molar-refractivity contribution in [1.29, 1.82) is 0 Å². The molecular weight excluding hydrogens is 311 g/mol. The van der Waals surface area contributed by atoms with E-state index in [1.54, 1.807) is 0 Å². The summed E-state index contributed by atoms with van der Waals surface area (Å²) in [4.78, 5) is -0.510. The van der Waals surface area contributed by atoms with Crippen LogP contribution in [-0.2, 0) is 16.2 Å². The predicted octanol–water partition coefficient (Wildman–Crippen LogP) is 1.51. The van der Waals surface area contributed by atoms with Gasteiger partial charge in [-0.3, -0.25) is 0 Å². The number of hydrogen-bond acceptors (Lipinski definition) is 4. The molecule has 4 N–H and O–H groups in total. The van der Waals surface area contributed by atoms with Gasteiger partial charge in [0, 0.05) is 12.5 Å². The summed E-state index contributed by atoms with van der Waals surface area (Å²) in [5, 5.41) is 11.1. The Morgan fingerprint density at radius 1 is 1.48 bits per heavy atom. The number of hydrogen-bond donors (Lipinski definition) is 3. The van der Waals surface area contributed by atoms with E-state index in [2.05, 4.69) is 9.88 Å². The minimum absolute atomic E-state index is 0.0886. The second-order valence-corrected chi connectivity index (χ2v) is 6.06. The molecule has 0 amide bonds. The van der Waals surface area contributed by atoms with Crippen LogP contribution in [0.1, 0.15) is 18.9 Å². The molecule has 1 atom stereocenters. The summed E-state index contributed by atoms with van der Waals surface area (Å²) in [7, 11) is -4.14. The largest absolute Gasteiger partial charge is 0.416 e. The van der Waals surface area contributed by atoms with E-state index >= 15 is 0 Å². The van der Waals surface area contributed by atoms with Crippen LogP contribution in [0.5, 0.6) is 0 Å². The van der Waals surface area contributed by atoms with Gasteiger partial charge in [-0.25, -0.2) is 13.1 Å². The van der Waals surface area contributed by atoms with Crippen molar-refractivity contribution < 1.29 is 26.8 Å². The molecule has 118 valence electrons. The number of sulfonamides is 1. The molecule has 10 heteroatoms. The first-order valence-electron chi connectivity index (χ1n) is 5.72. The molecule has 0 saturated carbocycles. The van der Waals surface area contributed by atoms with Crippen LogP contribution in [0.15, 0.2) is 34.3 Å². The van der Waals surface area contributed by atoms with E-state index in [1.807, 2.05) is 0 Å². The Balaban J connectivity index is 2.98. The van der Waals surface area contributed by atoms with Crippen LogP contribution in [0.3, 0.4) is 0 Å². The molecule has 1 unspecified atom stereocenters. The lowest BCUT2D eigenvalue weighted by Crippen LogP contribution is -2.35. The summed E-state index contributed by atoms with van der Waals surface area (Å²) >= 11 is 0. The Morgan fingerprint density at radius 3 is 2.62 bits per heavy atom. The van der Waals surface area contributed by atoms with Gasteiger partial charge in [-0.2, -0.15) is 13.2 Å². The van der Waals surface area contributed by atoms with E-state index in [0.29, 0.717) is 6.07 Å². The summed E-state index contributed by atoms with van der Waals surface area (Å²) < 4.78 is 63.8. The van der Waals surface area contributed by atoms with Gasteiger partial charge >= 0.3 is 6.18 Å². The number of alkyl halides is 3. The van der Waals surface area contributed by atoms with Crippen LogP contribution in [0.4, 0.5) is 13.2 Å². The highest BCUT2D eigenvalue weighted by Crippen LogP contribution is 2.30. The van der Waals surface area contributed by atoms with Crippen LogP contribution in [0.25, 0.3) is 0 Å². The molecule has 0 spiro atoms. The van der Waals surface area contributed by atoms with E-state index in [9.17, 15) is 21.6 Å². The molecule has 0 heterocycles. The van der Waals surface area contributed by atoms with Gasteiger partial charge in [-0.05, 0) is 25.1 Å². The van der Waals surface area contributed by atoms with Gasteiger partial charge in [0.05, 0.1) is 10.5 Å². The van der Waals surface area contributed by atoms with E-state index in [1.165, 1.54) is 6.92 Å². The second-order valence-electron chi connectivity index (χ2n) is 4.34. The number of nitrogens with zero attached hydrogens (tertiary/aromatic N) is 1. The molecule has 0 radical (unpaired) electrons. The van der Waals surface area contributed by atoms with Gasteiger partial charge in [0.25, 0.3) is 0 Å². The lowest BCUT2D eigenvalue weighted by Gasteiger charge is -2.14. The Bertz CT molecular complexity index is 629. The average molecular weight is 325 g/mol. The van der Waals surface area contributed by atoms with E-state index < -0.39 is 32.7 Å². The fourth-order valence-electron chi connectivity index (χ4n) is 1.57. The van der Waals surface area contributed by atoms with Crippen LogP contribution < -0.4 is 10.5 Å². The van der Waals surface area contributed by atoms with Gasteiger partial charge in [-0.1, -0.05) is 11.2 Å². The summed E-state index contributed by atoms with van der Waals surface area (Å²) in [5.41, 5.74) is 4.17. The molecule has 6 nitrogen and oxygen atoms in total. The van der Waals surface area contributed by atoms with Crippen LogP contribution in [-0.4, -0.2) is 25.5 Å². The highest BCUT2D eigenvalue weighted by atomic mass is 32.2. The standard InChI is InChI=1S/C11H14F3N3O3S/c1-7(5-10(15)16-18)17-21(19,20)9-4-2-3-8(6-9)11(12,13)14/h2-4,6-7,17-18H,5H2,1H3,(H2,15,16). The molecule has 1 rings (SSSR count). The minimum Gasteiger partial charge on any atom is -0.409 e. The second kappa shape index (κ2) is 6.31. The number of rotatable bonds is 5. The molecule has 0 saturated heterocycles. The summed E-state index contributed by atoms with van der Waals surface area (Å²) in [6, 6.07) is 2.62. The van der Waals surface area contributed by atoms with Crippen LogP contribution in [0, 0.1) is 0 Å². The lowest BCUT2D eigenvalue weighted by atomic mass is 10.2. The van der Waals surface area contributed by atoms with Crippen LogP contribution in [0.2, 0.25) is 0 Å². The summed E-state index contributed by atoms with van der Waals surface area (Å²) in [6.45, 7) is 1.43. The van der Waals surface area contributed by atoms with Crippen molar-refractivity contribution in [2.75, 3.05) is 0 Å². The smallest absolute Gasteiger partial charge is 0.409 e. The first-order valence-corrected chi connectivity index (χ1v) is 7.20. The fourth-order valence-corrected chi connectivity index (χ4v) is 2.86. The summed E-state index contributed by atoms with van der Waals surface area (Å²) in [5.74, 6) is -0.200. The molecule has 0 aliphatic rings. The maximum absolute atomic E-state index is 12.6. The zero-order valence-electron chi connectivity index (χ0n) is 10.9. The van der Waals surface area contributed by atoms with Gasteiger partial charge < -0.3 is 10.9 Å². The van der Waals surface area contributed by atoms with Crippen LogP contribution >= 0.6 is 0 Å². The Kier molecular flexibility index (Phi) is 5.18. The van der Waals surface area contributed by atoms with Gasteiger partial charge in [0.1, 0.15) is 5.84 Å². The number of nitrogens with two attached hydrogens (primary N) is 1.